The Balaban J connectivity index is 0.000000611. The molecule has 3 rings (SSSR count). The van der Waals surface area contributed by atoms with Gasteiger partial charge in [-0.2, -0.15) is 0 Å². The van der Waals surface area contributed by atoms with Crippen LogP contribution < -0.4 is 5.32 Å². The minimum Gasteiger partial charge on any atom is -0.478 e. The van der Waals surface area contributed by atoms with E-state index in [0.717, 1.165) is 18.2 Å². The van der Waals surface area contributed by atoms with Gasteiger partial charge in [0.15, 0.2) is 0 Å². The average Bonchev–Trinajstić information content (AvgIpc) is 2.82. The third-order valence-electron chi connectivity index (χ3n) is 5.13. The fourth-order valence-electron chi connectivity index (χ4n) is 3.65. The monoisotopic (exact) mass is 586 g/mol. The van der Waals surface area contributed by atoms with Crippen molar-refractivity contribution in [2.75, 3.05) is 6.61 Å². The van der Waals surface area contributed by atoms with Crippen LogP contribution in [0.5, 0.6) is 0 Å². The summed E-state index contributed by atoms with van der Waals surface area (Å²) in [5, 5.41) is 30.0. The van der Waals surface area contributed by atoms with Gasteiger partial charge in [-0.15, -0.1) is 0 Å². The number of hydrogen-bond acceptors (Lipinski definition) is 7. The van der Waals surface area contributed by atoms with Gasteiger partial charge in [-0.05, 0) is 31.5 Å². The van der Waals surface area contributed by atoms with E-state index in [0.29, 0.717) is 24.3 Å². The highest BCUT2D eigenvalue weighted by Gasteiger charge is 2.44. The van der Waals surface area contributed by atoms with Crippen molar-refractivity contribution >= 4 is 35.2 Å². The topological polar surface area (TPSA) is 156 Å². The molecule has 0 bridgehead atoms. The molecule has 0 radical (unpaired) electrons. The number of allylic oxidation sites excluding steroid dienone is 2. The molecule has 40 heavy (non-hydrogen) atoms. The lowest BCUT2D eigenvalue weighted by molar-refractivity contribution is -0.428. The van der Waals surface area contributed by atoms with Crippen LogP contribution in [-0.4, -0.2) is 39.7 Å². The SMILES string of the molecule is CCOC(=O)C1=C(C)NC(c2c(F)cc(F)cc2F)=C([N+](=O)[O-])C1c1ccc(F)cc1Cl.O=C(O)/C=C/C(=O)O. The van der Waals surface area contributed by atoms with Gasteiger partial charge in [-0.1, -0.05) is 17.7 Å². The predicted octanol–water partition coefficient (Wildman–Crippen LogP) is 4.78. The molecule has 0 saturated heterocycles. The van der Waals surface area contributed by atoms with Crippen molar-refractivity contribution in [3.63, 3.8) is 0 Å². The first-order valence-corrected chi connectivity index (χ1v) is 11.3. The largest absolute Gasteiger partial charge is 0.478 e. The minimum atomic E-state index is -1.57. The number of dihydropyridines is 1. The molecule has 3 N–H and O–H groups in total. The number of nitrogens with zero attached hydrogens (tertiary/aromatic N) is 1. The van der Waals surface area contributed by atoms with Gasteiger partial charge >= 0.3 is 17.9 Å². The quantitative estimate of drug-likeness (QED) is 0.137. The second-order valence-electron chi connectivity index (χ2n) is 7.75. The summed E-state index contributed by atoms with van der Waals surface area (Å²) in [6, 6.07) is 3.71. The van der Waals surface area contributed by atoms with Crippen molar-refractivity contribution in [2.45, 2.75) is 19.8 Å². The molecule has 1 aliphatic rings. The van der Waals surface area contributed by atoms with Crippen LogP contribution in [0.25, 0.3) is 5.70 Å². The zero-order chi connectivity index (χ0) is 30.3. The highest BCUT2D eigenvalue weighted by atomic mass is 35.5. The lowest BCUT2D eigenvalue weighted by atomic mass is 9.82. The van der Waals surface area contributed by atoms with E-state index in [1.807, 2.05) is 0 Å². The Morgan fingerprint density at radius 2 is 1.60 bits per heavy atom. The van der Waals surface area contributed by atoms with Crippen LogP contribution in [0.2, 0.25) is 5.02 Å². The number of halogens is 5. The van der Waals surface area contributed by atoms with Crippen molar-refractivity contribution in [3.05, 3.63) is 109 Å². The van der Waals surface area contributed by atoms with Gasteiger partial charge in [0.2, 0.25) is 0 Å². The van der Waals surface area contributed by atoms with Crippen LogP contribution in [0.4, 0.5) is 17.6 Å². The molecule has 0 aromatic heterocycles. The fraction of sp³-hybridized carbons (Fsp3) is 0.160. The zero-order valence-corrected chi connectivity index (χ0v) is 21.3. The number of aliphatic carboxylic acids is 2. The number of esters is 1. The molecular formula is C25H19ClF4N2O8. The highest BCUT2D eigenvalue weighted by molar-refractivity contribution is 6.31. The third-order valence-corrected chi connectivity index (χ3v) is 5.45. The number of carbonyl (C=O) groups is 3. The van der Waals surface area contributed by atoms with Crippen LogP contribution in [-0.2, 0) is 19.1 Å². The summed E-state index contributed by atoms with van der Waals surface area (Å²) < 4.78 is 61.1. The molecule has 212 valence electrons. The maximum atomic E-state index is 14.5. The van der Waals surface area contributed by atoms with Gasteiger partial charge < -0.3 is 20.3 Å². The normalized spacial score (nSPS) is 14.8. The van der Waals surface area contributed by atoms with Crippen LogP contribution >= 0.6 is 11.6 Å². The summed E-state index contributed by atoms with van der Waals surface area (Å²) in [7, 11) is 0. The molecule has 0 fully saturated rings. The van der Waals surface area contributed by atoms with Gasteiger partial charge in [-0.25, -0.2) is 31.9 Å². The number of hydrogen-bond donors (Lipinski definition) is 3. The summed E-state index contributed by atoms with van der Waals surface area (Å²) in [5.74, 6) is -9.80. The Labute approximate surface area is 228 Å². The van der Waals surface area contributed by atoms with Crippen LogP contribution in [0.1, 0.15) is 30.9 Å². The van der Waals surface area contributed by atoms with E-state index < -0.39 is 69.0 Å². The molecular weight excluding hydrogens is 568 g/mol. The number of nitrogens with one attached hydrogen (secondary N) is 1. The Hall–Kier alpha value is -4.72. The molecule has 15 heteroatoms. The molecule has 0 spiro atoms. The molecule has 10 nitrogen and oxygen atoms in total. The summed E-state index contributed by atoms with van der Waals surface area (Å²) in [5.41, 5.74) is -2.72. The fourth-order valence-corrected chi connectivity index (χ4v) is 3.92. The van der Waals surface area contributed by atoms with E-state index in [9.17, 15) is 42.1 Å². The summed E-state index contributed by atoms with van der Waals surface area (Å²) in [4.78, 5) is 43.0. The molecule has 2 aromatic carbocycles. The summed E-state index contributed by atoms with van der Waals surface area (Å²) in [6.07, 6.45) is 1.12. The first kappa shape index (κ1) is 31.5. The Morgan fingerprint density at radius 3 is 2.05 bits per heavy atom. The van der Waals surface area contributed by atoms with Gasteiger partial charge in [0.05, 0.1) is 22.7 Å². The van der Waals surface area contributed by atoms with E-state index in [4.69, 9.17) is 26.6 Å². The summed E-state index contributed by atoms with van der Waals surface area (Å²) in [6.45, 7) is 2.79. The molecule has 1 atom stereocenters. The number of carboxylic acid groups (broad SMARTS) is 2. The number of carbonyl (C=O) groups excluding carboxylic acids is 1. The zero-order valence-electron chi connectivity index (χ0n) is 20.5. The van der Waals surface area contributed by atoms with Crippen LogP contribution in [0.15, 0.2) is 59.5 Å². The van der Waals surface area contributed by atoms with Gasteiger partial charge in [-0.3, -0.25) is 10.1 Å². The molecule has 0 saturated carbocycles. The van der Waals surface area contributed by atoms with Crippen molar-refractivity contribution < 1.29 is 51.8 Å². The van der Waals surface area contributed by atoms with Crippen molar-refractivity contribution in [1.29, 1.82) is 0 Å². The van der Waals surface area contributed by atoms with Crippen molar-refractivity contribution in [2.24, 2.45) is 0 Å². The standard InChI is InChI=1S/C21H15ClF4N2O4.C4H4O4/c1-3-32-21(29)16-9(2)27-19(18-14(25)7-11(24)8-15(18)26)20(28(30)31)17(16)12-5-4-10(23)6-13(12)22;5-3(6)1-2-4(7)8/h4-8,17,27H,3H2,1-2H3;1-2H,(H,5,6)(H,7,8)/b;2-1+. The second kappa shape index (κ2) is 13.4. The number of rotatable bonds is 7. The Morgan fingerprint density at radius 1 is 1.05 bits per heavy atom. The maximum absolute atomic E-state index is 14.5. The minimum absolute atomic E-state index is 0.0161. The molecule has 0 aliphatic carbocycles. The first-order valence-electron chi connectivity index (χ1n) is 11.0. The molecule has 1 heterocycles. The van der Waals surface area contributed by atoms with E-state index >= 15 is 0 Å². The molecule has 1 aliphatic heterocycles. The van der Waals surface area contributed by atoms with E-state index in [1.165, 1.54) is 13.8 Å². The van der Waals surface area contributed by atoms with Crippen molar-refractivity contribution in [3.8, 4) is 0 Å². The van der Waals surface area contributed by atoms with E-state index in [2.05, 4.69) is 5.32 Å². The number of carboxylic acids is 2. The predicted molar refractivity (Wildman–Crippen MR) is 131 cm³/mol. The number of benzene rings is 2. The highest BCUT2D eigenvalue weighted by Crippen LogP contribution is 2.44. The maximum Gasteiger partial charge on any atom is 0.336 e. The van der Waals surface area contributed by atoms with E-state index in [1.54, 1.807) is 0 Å². The van der Waals surface area contributed by atoms with Crippen LogP contribution in [0.3, 0.4) is 0 Å². The smallest absolute Gasteiger partial charge is 0.336 e. The Bertz CT molecular complexity index is 1430. The lowest BCUT2D eigenvalue weighted by Crippen LogP contribution is -2.32. The molecule has 0 amide bonds. The third kappa shape index (κ3) is 7.44. The van der Waals surface area contributed by atoms with Crippen LogP contribution in [0, 0.1) is 33.4 Å². The van der Waals surface area contributed by atoms with Gasteiger partial charge in [0.1, 0.15) is 34.9 Å². The van der Waals surface area contributed by atoms with E-state index in [-0.39, 0.29) is 28.5 Å². The van der Waals surface area contributed by atoms with Gasteiger partial charge in [0.25, 0.3) is 5.70 Å². The van der Waals surface area contributed by atoms with Gasteiger partial charge in [0, 0.05) is 35.0 Å². The first-order chi connectivity index (χ1) is 18.7. The molecule has 2 aromatic rings. The second-order valence-corrected chi connectivity index (χ2v) is 8.16. The summed E-state index contributed by atoms with van der Waals surface area (Å²) >= 11 is 6.13. The lowest BCUT2D eigenvalue weighted by Gasteiger charge is -2.28. The molecule has 1 unspecified atom stereocenters. The van der Waals surface area contributed by atoms with Crippen molar-refractivity contribution in [1.82, 2.24) is 5.32 Å². The Kier molecular flexibility index (Phi) is 10.5. The number of ether oxygens (including phenoxy) is 1. The average molecular weight is 587 g/mol. The number of nitro groups is 1.